The summed E-state index contributed by atoms with van der Waals surface area (Å²) in [6.07, 6.45) is 0. The molecule has 1 heterocycles. The van der Waals surface area contributed by atoms with Crippen molar-refractivity contribution < 1.29 is 4.42 Å². The highest BCUT2D eigenvalue weighted by molar-refractivity contribution is 5.73. The van der Waals surface area contributed by atoms with Crippen LogP contribution in [0.3, 0.4) is 0 Å². The fraction of sp³-hybridized carbons (Fsp3) is 0.364. The molecule has 0 aliphatic carbocycles. The number of hydrogen-bond donors (Lipinski definition) is 2. The van der Waals surface area contributed by atoms with Crippen molar-refractivity contribution in [2.45, 2.75) is 19.4 Å². The van der Waals surface area contributed by atoms with Gasteiger partial charge in [0, 0.05) is 13.5 Å². The average Bonchev–Trinajstić information content (AvgIpc) is 2.56. The molecule has 0 aliphatic rings. The number of oxazole rings is 1. The zero-order valence-corrected chi connectivity index (χ0v) is 8.95. The predicted octanol–water partition coefficient (Wildman–Crippen LogP) is 1.27. The van der Waals surface area contributed by atoms with Gasteiger partial charge in [-0.25, -0.2) is 4.98 Å². The van der Waals surface area contributed by atoms with E-state index in [-0.39, 0.29) is 0 Å². The van der Waals surface area contributed by atoms with Crippen LogP contribution in [0.4, 0.5) is 0 Å². The van der Waals surface area contributed by atoms with Crippen molar-refractivity contribution in [2.24, 2.45) is 11.5 Å². The van der Waals surface area contributed by atoms with Gasteiger partial charge in [0.25, 0.3) is 0 Å². The number of fused-ring (bicyclic) bond motifs is 1. The Morgan fingerprint density at radius 2 is 2.20 bits per heavy atom. The highest BCUT2D eigenvalue weighted by Crippen LogP contribution is 2.22. The lowest BCUT2D eigenvalue weighted by Gasteiger charge is -2.22. The minimum Gasteiger partial charge on any atom is -0.441 e. The van der Waals surface area contributed by atoms with Crippen LogP contribution < -0.4 is 11.5 Å². The van der Waals surface area contributed by atoms with Crippen LogP contribution in [0.5, 0.6) is 0 Å². The second-order valence-electron chi connectivity index (χ2n) is 4.04. The molecule has 0 fully saturated rings. The summed E-state index contributed by atoms with van der Waals surface area (Å²) in [6.45, 7) is 4.12. The van der Waals surface area contributed by atoms with Gasteiger partial charge in [0.15, 0.2) is 11.5 Å². The zero-order valence-electron chi connectivity index (χ0n) is 8.95. The van der Waals surface area contributed by atoms with Gasteiger partial charge in [-0.15, -0.1) is 0 Å². The van der Waals surface area contributed by atoms with E-state index in [4.69, 9.17) is 15.9 Å². The fourth-order valence-corrected chi connectivity index (χ4v) is 1.51. The average molecular weight is 205 g/mol. The number of aromatic nitrogens is 1. The fourth-order valence-electron chi connectivity index (χ4n) is 1.51. The summed E-state index contributed by atoms with van der Waals surface area (Å²) in [5.74, 6) is 0.661. The van der Waals surface area contributed by atoms with E-state index in [0.717, 1.165) is 16.7 Å². The van der Waals surface area contributed by atoms with Crippen LogP contribution in [0.2, 0.25) is 0 Å². The van der Waals surface area contributed by atoms with Gasteiger partial charge >= 0.3 is 0 Å². The van der Waals surface area contributed by atoms with Crippen molar-refractivity contribution in [1.29, 1.82) is 0 Å². The highest BCUT2D eigenvalue weighted by atomic mass is 16.3. The van der Waals surface area contributed by atoms with E-state index < -0.39 is 5.54 Å². The van der Waals surface area contributed by atoms with Crippen molar-refractivity contribution in [2.75, 3.05) is 6.54 Å². The molecule has 1 aromatic heterocycles. The van der Waals surface area contributed by atoms with E-state index in [9.17, 15) is 0 Å². The maximum Gasteiger partial charge on any atom is 0.192 e. The lowest BCUT2D eigenvalue weighted by atomic mass is 9.93. The first-order valence-electron chi connectivity index (χ1n) is 4.89. The Balaban J connectivity index is 2.55. The minimum atomic E-state index is -0.519. The topological polar surface area (TPSA) is 78.1 Å². The van der Waals surface area contributed by atoms with Crippen molar-refractivity contribution in [3.05, 3.63) is 29.7 Å². The molecule has 80 valence electrons. The lowest BCUT2D eigenvalue weighted by Crippen LogP contribution is -2.40. The molecular formula is C11H15N3O. The molecule has 1 unspecified atom stereocenters. The van der Waals surface area contributed by atoms with E-state index in [1.807, 2.05) is 32.0 Å². The second-order valence-corrected chi connectivity index (χ2v) is 4.04. The molecule has 0 radical (unpaired) electrons. The molecule has 1 aromatic carbocycles. The minimum absolute atomic E-state index is 0.394. The zero-order chi connectivity index (χ0) is 11.1. The summed E-state index contributed by atoms with van der Waals surface area (Å²) in [7, 11) is 0. The molecule has 4 heteroatoms. The number of hydrogen-bond acceptors (Lipinski definition) is 4. The second kappa shape index (κ2) is 3.32. The molecule has 0 bridgehead atoms. The summed E-state index contributed by atoms with van der Waals surface area (Å²) >= 11 is 0. The molecule has 4 nitrogen and oxygen atoms in total. The molecule has 1 atom stereocenters. The van der Waals surface area contributed by atoms with E-state index in [0.29, 0.717) is 12.4 Å². The molecule has 0 saturated carbocycles. The first-order chi connectivity index (χ1) is 7.03. The largest absolute Gasteiger partial charge is 0.441 e. The van der Waals surface area contributed by atoms with Crippen molar-refractivity contribution >= 4 is 11.1 Å². The van der Waals surface area contributed by atoms with Gasteiger partial charge in [-0.1, -0.05) is 6.07 Å². The highest BCUT2D eigenvalue weighted by Gasteiger charge is 2.19. The van der Waals surface area contributed by atoms with Gasteiger partial charge in [0.1, 0.15) is 5.52 Å². The van der Waals surface area contributed by atoms with Crippen LogP contribution in [0.1, 0.15) is 18.4 Å². The molecule has 2 aromatic rings. The number of benzene rings is 1. The Hall–Kier alpha value is -1.39. The summed E-state index contributed by atoms with van der Waals surface area (Å²) < 4.78 is 5.44. The molecule has 15 heavy (non-hydrogen) atoms. The molecule has 0 amide bonds. The molecule has 4 N–H and O–H groups in total. The third-order valence-electron chi connectivity index (χ3n) is 2.58. The predicted molar refractivity (Wildman–Crippen MR) is 59.3 cm³/mol. The van der Waals surface area contributed by atoms with Gasteiger partial charge < -0.3 is 15.9 Å². The first kappa shape index (κ1) is 10.1. The Kier molecular flexibility index (Phi) is 2.25. The standard InChI is InChI=1S/C11H15N3O/c1-7-14-9-4-3-8(5-10(9)15-7)11(2,13)6-12/h3-5H,6,12-13H2,1-2H3. The van der Waals surface area contributed by atoms with Crippen LogP contribution in [0.15, 0.2) is 22.6 Å². The van der Waals surface area contributed by atoms with Crippen molar-refractivity contribution in [1.82, 2.24) is 4.98 Å². The Morgan fingerprint density at radius 1 is 1.47 bits per heavy atom. The first-order valence-corrected chi connectivity index (χ1v) is 4.89. The summed E-state index contributed by atoms with van der Waals surface area (Å²) in [5.41, 5.74) is 13.7. The molecule has 0 saturated heterocycles. The van der Waals surface area contributed by atoms with Crippen LogP contribution in [-0.4, -0.2) is 11.5 Å². The molecule has 2 rings (SSSR count). The lowest BCUT2D eigenvalue weighted by molar-refractivity contribution is 0.505. The van der Waals surface area contributed by atoms with E-state index in [1.165, 1.54) is 0 Å². The van der Waals surface area contributed by atoms with Crippen LogP contribution >= 0.6 is 0 Å². The van der Waals surface area contributed by atoms with Gasteiger partial charge in [0.2, 0.25) is 0 Å². The quantitative estimate of drug-likeness (QED) is 0.773. The Morgan fingerprint density at radius 3 is 2.87 bits per heavy atom. The van der Waals surface area contributed by atoms with E-state index >= 15 is 0 Å². The normalized spacial score (nSPS) is 15.5. The number of rotatable bonds is 2. The Labute approximate surface area is 88.3 Å². The molecule has 0 spiro atoms. The van der Waals surface area contributed by atoms with Crippen LogP contribution in [0, 0.1) is 6.92 Å². The number of nitrogens with two attached hydrogens (primary N) is 2. The van der Waals surface area contributed by atoms with Gasteiger partial charge in [-0.05, 0) is 24.6 Å². The third kappa shape index (κ3) is 1.73. The van der Waals surface area contributed by atoms with E-state index in [2.05, 4.69) is 4.98 Å². The maximum atomic E-state index is 6.05. The number of aryl methyl sites for hydroxylation is 1. The smallest absolute Gasteiger partial charge is 0.192 e. The molecule has 0 aliphatic heterocycles. The SMILES string of the molecule is Cc1nc2ccc(C(C)(N)CN)cc2o1. The van der Waals surface area contributed by atoms with Crippen LogP contribution in [-0.2, 0) is 5.54 Å². The van der Waals surface area contributed by atoms with Crippen molar-refractivity contribution in [3.63, 3.8) is 0 Å². The molecular weight excluding hydrogens is 190 g/mol. The Bertz CT molecular complexity index is 488. The monoisotopic (exact) mass is 205 g/mol. The summed E-state index contributed by atoms with van der Waals surface area (Å²) in [4.78, 5) is 4.22. The van der Waals surface area contributed by atoms with Gasteiger partial charge in [0.05, 0.1) is 5.54 Å². The van der Waals surface area contributed by atoms with Gasteiger partial charge in [-0.2, -0.15) is 0 Å². The summed E-state index contributed by atoms with van der Waals surface area (Å²) in [5, 5.41) is 0. The van der Waals surface area contributed by atoms with E-state index in [1.54, 1.807) is 0 Å². The van der Waals surface area contributed by atoms with Crippen molar-refractivity contribution in [3.8, 4) is 0 Å². The number of nitrogens with zero attached hydrogens (tertiary/aromatic N) is 1. The maximum absolute atomic E-state index is 6.05. The summed E-state index contributed by atoms with van der Waals surface area (Å²) in [6, 6.07) is 5.75. The third-order valence-corrected chi connectivity index (χ3v) is 2.58. The van der Waals surface area contributed by atoms with Crippen LogP contribution in [0.25, 0.3) is 11.1 Å². The van der Waals surface area contributed by atoms with Gasteiger partial charge in [-0.3, -0.25) is 0 Å².